The fourth-order valence-electron chi connectivity index (χ4n) is 3.58. The minimum Gasteiger partial charge on any atom is -0.349 e. The van der Waals surface area contributed by atoms with Gasteiger partial charge >= 0.3 is 0 Å². The molecule has 23 heavy (non-hydrogen) atoms. The van der Waals surface area contributed by atoms with E-state index < -0.39 is 10.0 Å². The first-order valence-corrected chi connectivity index (χ1v) is 9.31. The summed E-state index contributed by atoms with van der Waals surface area (Å²) in [6.45, 7) is 0. The monoisotopic (exact) mass is 338 g/mol. The quantitative estimate of drug-likeness (QED) is 0.826. The first kappa shape index (κ1) is 16.4. The molecule has 0 radical (unpaired) electrons. The van der Waals surface area contributed by atoms with Crippen LogP contribution in [0, 0.1) is 0 Å². The van der Waals surface area contributed by atoms with Gasteiger partial charge in [-0.15, -0.1) is 0 Å². The molecule has 3 rings (SSSR count). The first-order valence-electron chi connectivity index (χ1n) is 7.83. The molecule has 1 aromatic heterocycles. The van der Waals surface area contributed by atoms with Crippen LogP contribution in [-0.2, 0) is 10.0 Å². The molecule has 0 saturated carbocycles. The fourth-order valence-corrected chi connectivity index (χ4v) is 4.22. The van der Waals surface area contributed by atoms with Crippen molar-refractivity contribution in [2.75, 3.05) is 14.1 Å². The number of carbonyl (C=O) groups is 1. The molecule has 0 spiro atoms. The summed E-state index contributed by atoms with van der Waals surface area (Å²) in [6.07, 6.45) is 5.65. The van der Waals surface area contributed by atoms with E-state index in [1.54, 1.807) is 0 Å². The van der Waals surface area contributed by atoms with Gasteiger partial charge < -0.3 is 10.2 Å². The minimum absolute atomic E-state index is 0.0890. The molecule has 3 heterocycles. The largest absolute Gasteiger partial charge is 0.349 e. The second-order valence-electron chi connectivity index (χ2n) is 6.28. The Hall–Kier alpha value is -1.51. The summed E-state index contributed by atoms with van der Waals surface area (Å²) in [5.41, 5.74) is 0.381. The van der Waals surface area contributed by atoms with Gasteiger partial charge in [-0.2, -0.15) is 0 Å². The third-order valence-corrected chi connectivity index (χ3v) is 6.31. The number of carbonyl (C=O) groups excluding carboxylic acids is 1. The number of rotatable bonds is 4. The maximum Gasteiger partial charge on any atom is 0.257 e. The van der Waals surface area contributed by atoms with Crippen molar-refractivity contribution in [3.05, 3.63) is 23.9 Å². The topological polar surface area (TPSA) is 91.4 Å². The Morgan fingerprint density at radius 2 is 1.91 bits per heavy atom. The number of nitrogens with zero attached hydrogens (tertiary/aromatic N) is 2. The molecule has 2 atom stereocenters. The molecule has 2 bridgehead atoms. The predicted molar refractivity (Wildman–Crippen MR) is 85.5 cm³/mol. The molecule has 1 aromatic rings. The summed E-state index contributed by atoms with van der Waals surface area (Å²) in [5.74, 6) is -0.195. The van der Waals surface area contributed by atoms with Crippen molar-refractivity contribution >= 4 is 15.9 Å². The smallest absolute Gasteiger partial charge is 0.257 e. The number of amides is 1. The zero-order valence-electron chi connectivity index (χ0n) is 13.3. The highest BCUT2D eigenvalue weighted by molar-refractivity contribution is 7.89. The van der Waals surface area contributed by atoms with Gasteiger partial charge in [0.2, 0.25) is 0 Å². The van der Waals surface area contributed by atoms with E-state index in [1.807, 2.05) is 0 Å². The number of pyridine rings is 1. The SMILES string of the molecule is CNS(=O)(=O)c1ccc(C(=O)NC2CC3CCC(C2)N3C)cn1. The van der Waals surface area contributed by atoms with Crippen LogP contribution in [0.4, 0.5) is 0 Å². The molecule has 7 nitrogen and oxygen atoms in total. The molecule has 2 N–H and O–H groups in total. The van der Waals surface area contributed by atoms with Gasteiger partial charge in [-0.3, -0.25) is 4.79 Å². The number of fused-ring (bicyclic) bond motifs is 2. The van der Waals surface area contributed by atoms with E-state index in [-0.39, 0.29) is 17.0 Å². The van der Waals surface area contributed by atoms with Crippen LogP contribution in [0.15, 0.2) is 23.4 Å². The van der Waals surface area contributed by atoms with Crippen LogP contribution in [0.25, 0.3) is 0 Å². The highest BCUT2D eigenvalue weighted by Gasteiger charge is 2.38. The van der Waals surface area contributed by atoms with Gasteiger partial charge in [-0.25, -0.2) is 18.1 Å². The van der Waals surface area contributed by atoms with Crippen LogP contribution in [0.1, 0.15) is 36.0 Å². The maximum atomic E-state index is 12.3. The van der Waals surface area contributed by atoms with Gasteiger partial charge in [-0.1, -0.05) is 0 Å². The maximum absolute atomic E-state index is 12.3. The Morgan fingerprint density at radius 3 is 2.43 bits per heavy atom. The van der Waals surface area contributed by atoms with E-state index >= 15 is 0 Å². The van der Waals surface area contributed by atoms with E-state index in [0.29, 0.717) is 17.6 Å². The Balaban J connectivity index is 1.65. The van der Waals surface area contributed by atoms with Gasteiger partial charge in [0.25, 0.3) is 15.9 Å². The number of hydrogen-bond donors (Lipinski definition) is 2. The highest BCUT2D eigenvalue weighted by Crippen LogP contribution is 2.34. The van der Waals surface area contributed by atoms with Crippen molar-refractivity contribution in [1.29, 1.82) is 0 Å². The summed E-state index contributed by atoms with van der Waals surface area (Å²) < 4.78 is 25.5. The zero-order valence-corrected chi connectivity index (χ0v) is 14.1. The molecule has 8 heteroatoms. The molecule has 2 saturated heterocycles. The molecule has 0 aliphatic carbocycles. The van der Waals surface area contributed by atoms with E-state index in [0.717, 1.165) is 12.8 Å². The van der Waals surface area contributed by atoms with E-state index in [4.69, 9.17) is 0 Å². The predicted octanol–water partition coefficient (Wildman–Crippen LogP) is 0.345. The Bertz CT molecular complexity index is 675. The van der Waals surface area contributed by atoms with E-state index in [9.17, 15) is 13.2 Å². The summed E-state index contributed by atoms with van der Waals surface area (Å²) in [7, 11) is -0.0953. The average molecular weight is 338 g/mol. The van der Waals surface area contributed by atoms with Gasteiger partial charge in [0, 0.05) is 24.3 Å². The van der Waals surface area contributed by atoms with Gasteiger partial charge in [0.15, 0.2) is 5.03 Å². The normalized spacial score (nSPS) is 27.8. The molecule has 2 unspecified atom stereocenters. The van der Waals surface area contributed by atoms with Crippen LogP contribution in [0.3, 0.4) is 0 Å². The van der Waals surface area contributed by atoms with Gasteiger partial charge in [-0.05, 0) is 51.9 Å². The molecule has 2 aliphatic heterocycles. The minimum atomic E-state index is -3.58. The number of sulfonamides is 1. The van der Waals surface area contributed by atoms with Crippen LogP contribution in [-0.4, -0.2) is 56.4 Å². The summed E-state index contributed by atoms with van der Waals surface area (Å²) in [4.78, 5) is 18.6. The summed E-state index contributed by atoms with van der Waals surface area (Å²) in [5, 5.41) is 2.97. The summed E-state index contributed by atoms with van der Waals surface area (Å²) in [6, 6.07) is 4.13. The van der Waals surface area contributed by atoms with Crippen molar-refractivity contribution in [1.82, 2.24) is 19.9 Å². The van der Waals surface area contributed by atoms with Crippen LogP contribution >= 0.6 is 0 Å². The lowest BCUT2D eigenvalue weighted by atomic mass is 9.98. The second-order valence-corrected chi connectivity index (χ2v) is 8.12. The third kappa shape index (κ3) is 3.24. The van der Waals surface area contributed by atoms with E-state index in [2.05, 4.69) is 27.0 Å². The first-order chi connectivity index (χ1) is 10.9. The van der Waals surface area contributed by atoms with Crippen molar-refractivity contribution in [2.45, 2.75) is 48.8 Å². The van der Waals surface area contributed by atoms with Crippen molar-refractivity contribution in [3.63, 3.8) is 0 Å². The van der Waals surface area contributed by atoms with Crippen LogP contribution in [0.2, 0.25) is 0 Å². The number of piperidine rings is 1. The van der Waals surface area contributed by atoms with Crippen molar-refractivity contribution in [2.24, 2.45) is 0 Å². The lowest BCUT2D eigenvalue weighted by Gasteiger charge is -2.36. The fraction of sp³-hybridized carbons (Fsp3) is 0.600. The van der Waals surface area contributed by atoms with Gasteiger partial charge in [0.05, 0.1) is 5.56 Å². The summed E-state index contributed by atoms with van der Waals surface area (Å²) >= 11 is 0. The molecule has 2 aliphatic rings. The van der Waals surface area contributed by atoms with Gasteiger partial charge in [0.1, 0.15) is 0 Å². The number of aromatic nitrogens is 1. The number of hydrogen-bond acceptors (Lipinski definition) is 5. The van der Waals surface area contributed by atoms with Crippen molar-refractivity contribution < 1.29 is 13.2 Å². The Labute approximate surface area is 136 Å². The Kier molecular flexibility index (Phi) is 4.39. The Morgan fingerprint density at radius 1 is 1.26 bits per heavy atom. The molecular weight excluding hydrogens is 316 g/mol. The lowest BCUT2D eigenvalue weighted by molar-refractivity contribution is 0.0882. The standard InChI is InChI=1S/C15H22N4O3S/c1-16-23(21,22)14-6-3-10(9-17-14)15(20)18-11-7-12-4-5-13(8-11)19(12)2/h3,6,9,11-13,16H,4-5,7-8H2,1-2H3,(H,18,20). The van der Waals surface area contributed by atoms with Crippen LogP contribution in [0.5, 0.6) is 0 Å². The van der Waals surface area contributed by atoms with Crippen molar-refractivity contribution in [3.8, 4) is 0 Å². The number of nitrogens with one attached hydrogen (secondary N) is 2. The third-order valence-electron chi connectivity index (χ3n) is 4.98. The molecule has 126 valence electrons. The second kappa shape index (κ2) is 6.18. The molecule has 2 fully saturated rings. The lowest BCUT2D eigenvalue weighted by Crippen LogP contribution is -2.48. The zero-order chi connectivity index (χ0) is 16.6. The van der Waals surface area contributed by atoms with E-state index in [1.165, 1.54) is 38.2 Å². The highest BCUT2D eigenvalue weighted by atomic mass is 32.2. The molecule has 1 amide bonds. The average Bonchev–Trinajstić information content (AvgIpc) is 2.76. The van der Waals surface area contributed by atoms with Crippen LogP contribution < -0.4 is 10.0 Å². The molecular formula is C15H22N4O3S. The molecule has 0 aromatic carbocycles.